The Labute approximate surface area is 160 Å². The summed E-state index contributed by atoms with van der Waals surface area (Å²) in [7, 11) is 0. The van der Waals surface area contributed by atoms with Gasteiger partial charge in [0.2, 0.25) is 11.8 Å². The van der Waals surface area contributed by atoms with Crippen molar-refractivity contribution in [1.29, 1.82) is 0 Å². The first kappa shape index (κ1) is 18.1. The van der Waals surface area contributed by atoms with Gasteiger partial charge in [-0.3, -0.25) is 9.59 Å². The molecule has 0 aromatic heterocycles. The third-order valence-electron chi connectivity index (χ3n) is 4.24. The summed E-state index contributed by atoms with van der Waals surface area (Å²) < 4.78 is 0. The molecule has 2 N–H and O–H groups in total. The van der Waals surface area contributed by atoms with E-state index in [-0.39, 0.29) is 11.8 Å². The molecular weight excluding hydrogens is 383 g/mol. The van der Waals surface area contributed by atoms with Gasteiger partial charge >= 0.3 is 0 Å². The summed E-state index contributed by atoms with van der Waals surface area (Å²) >= 11 is 17.8. The Morgan fingerprint density at radius 1 is 0.920 bits per heavy atom. The molecular formula is C18H15Cl3N2O2. The average Bonchev–Trinajstić information content (AvgIpc) is 3.36. The Morgan fingerprint density at radius 2 is 1.60 bits per heavy atom. The van der Waals surface area contributed by atoms with Gasteiger partial charge in [0.05, 0.1) is 10.0 Å². The van der Waals surface area contributed by atoms with Gasteiger partial charge in [0.25, 0.3) is 0 Å². The van der Waals surface area contributed by atoms with Crippen molar-refractivity contribution < 1.29 is 9.59 Å². The molecule has 0 aliphatic heterocycles. The van der Waals surface area contributed by atoms with Crippen LogP contribution in [0.3, 0.4) is 0 Å². The highest BCUT2D eigenvalue weighted by Gasteiger charge is 2.56. The zero-order chi connectivity index (χ0) is 18.2. The number of hydrogen-bond donors (Lipinski definition) is 2. The van der Waals surface area contributed by atoms with E-state index in [9.17, 15) is 9.59 Å². The normalized spacial score (nSPS) is 14.7. The SMILES string of the molecule is Cc1ccc(Cl)cc1NC(=O)C1(C(=O)Nc2ccc(Cl)c(Cl)c2)CC1. The number of amides is 2. The molecule has 1 aliphatic rings. The number of anilines is 2. The van der Waals surface area contributed by atoms with E-state index in [1.807, 2.05) is 13.0 Å². The van der Waals surface area contributed by atoms with Crippen LogP contribution in [0.15, 0.2) is 36.4 Å². The maximum atomic E-state index is 12.7. The van der Waals surface area contributed by atoms with Gasteiger partial charge in [-0.25, -0.2) is 0 Å². The maximum Gasteiger partial charge on any atom is 0.240 e. The molecule has 0 bridgehead atoms. The number of hydrogen-bond acceptors (Lipinski definition) is 2. The third kappa shape index (κ3) is 3.76. The molecule has 0 radical (unpaired) electrons. The molecule has 1 aliphatic carbocycles. The van der Waals surface area contributed by atoms with Gasteiger partial charge in [-0.05, 0) is 55.7 Å². The van der Waals surface area contributed by atoms with Crippen molar-refractivity contribution in [3.05, 3.63) is 57.0 Å². The highest BCUT2D eigenvalue weighted by molar-refractivity contribution is 6.42. The molecule has 0 saturated heterocycles. The number of rotatable bonds is 4. The Morgan fingerprint density at radius 3 is 2.24 bits per heavy atom. The largest absolute Gasteiger partial charge is 0.325 e. The number of benzene rings is 2. The lowest BCUT2D eigenvalue weighted by Crippen LogP contribution is -2.35. The van der Waals surface area contributed by atoms with Gasteiger partial charge < -0.3 is 10.6 Å². The average molecular weight is 398 g/mol. The lowest BCUT2D eigenvalue weighted by molar-refractivity contribution is -0.131. The first-order valence-electron chi connectivity index (χ1n) is 7.66. The summed E-state index contributed by atoms with van der Waals surface area (Å²) in [6, 6.07) is 10.0. The Bertz CT molecular complexity index is 863. The van der Waals surface area contributed by atoms with Gasteiger partial charge in [-0.1, -0.05) is 40.9 Å². The zero-order valence-electron chi connectivity index (χ0n) is 13.3. The van der Waals surface area contributed by atoms with Crippen LogP contribution in [-0.2, 0) is 9.59 Å². The Hall–Kier alpha value is -1.75. The molecule has 0 heterocycles. The van der Waals surface area contributed by atoms with Crippen molar-refractivity contribution in [3.8, 4) is 0 Å². The molecule has 0 atom stereocenters. The number of carbonyl (C=O) groups excluding carboxylic acids is 2. The van der Waals surface area contributed by atoms with Gasteiger partial charge in [-0.2, -0.15) is 0 Å². The molecule has 25 heavy (non-hydrogen) atoms. The predicted molar refractivity (Wildman–Crippen MR) is 102 cm³/mol. The van der Waals surface area contributed by atoms with Crippen LogP contribution in [0.1, 0.15) is 18.4 Å². The minimum atomic E-state index is -1.07. The first-order valence-corrected chi connectivity index (χ1v) is 8.79. The summed E-state index contributed by atoms with van der Waals surface area (Å²) in [4.78, 5) is 25.3. The van der Waals surface area contributed by atoms with Crippen molar-refractivity contribution >= 4 is 58.0 Å². The second kappa shape index (κ2) is 6.87. The summed E-state index contributed by atoms with van der Waals surface area (Å²) in [5.41, 5.74) is 0.905. The van der Waals surface area contributed by atoms with E-state index >= 15 is 0 Å². The second-order valence-corrected chi connectivity index (χ2v) is 7.33. The molecule has 3 rings (SSSR count). The highest BCUT2D eigenvalue weighted by Crippen LogP contribution is 2.47. The minimum Gasteiger partial charge on any atom is -0.325 e. The van der Waals surface area contributed by atoms with E-state index < -0.39 is 5.41 Å². The van der Waals surface area contributed by atoms with Crippen LogP contribution in [0.2, 0.25) is 15.1 Å². The summed E-state index contributed by atoms with van der Waals surface area (Å²) in [6.45, 7) is 1.86. The Balaban J connectivity index is 1.74. The molecule has 2 amide bonds. The maximum absolute atomic E-state index is 12.7. The smallest absolute Gasteiger partial charge is 0.240 e. The fourth-order valence-corrected chi connectivity index (χ4v) is 2.95. The number of carbonyl (C=O) groups is 2. The molecule has 0 spiro atoms. The van der Waals surface area contributed by atoms with E-state index in [1.54, 1.807) is 30.3 Å². The second-order valence-electron chi connectivity index (χ2n) is 6.08. The standard InChI is InChI=1S/C18H15Cl3N2O2/c1-10-2-3-11(19)8-15(10)23-17(25)18(6-7-18)16(24)22-12-4-5-13(20)14(21)9-12/h2-5,8-9H,6-7H2,1H3,(H,22,24)(H,23,25). The first-order chi connectivity index (χ1) is 11.8. The molecule has 1 fully saturated rings. The molecule has 2 aromatic rings. The van der Waals surface area contributed by atoms with Crippen LogP contribution < -0.4 is 10.6 Å². The molecule has 2 aromatic carbocycles. The fraction of sp³-hybridized carbons (Fsp3) is 0.222. The molecule has 0 unspecified atom stereocenters. The zero-order valence-corrected chi connectivity index (χ0v) is 15.6. The van der Waals surface area contributed by atoms with Crippen LogP contribution in [0.4, 0.5) is 11.4 Å². The van der Waals surface area contributed by atoms with Crippen molar-refractivity contribution in [2.24, 2.45) is 5.41 Å². The van der Waals surface area contributed by atoms with E-state index in [0.29, 0.717) is 39.3 Å². The molecule has 1 saturated carbocycles. The van der Waals surface area contributed by atoms with Gasteiger partial charge in [0.15, 0.2) is 0 Å². The quantitative estimate of drug-likeness (QED) is 0.687. The van der Waals surface area contributed by atoms with Gasteiger partial charge in [0.1, 0.15) is 5.41 Å². The van der Waals surface area contributed by atoms with Crippen LogP contribution in [0.5, 0.6) is 0 Å². The van der Waals surface area contributed by atoms with Crippen molar-refractivity contribution in [1.82, 2.24) is 0 Å². The van der Waals surface area contributed by atoms with E-state index in [4.69, 9.17) is 34.8 Å². The van der Waals surface area contributed by atoms with Crippen molar-refractivity contribution in [2.45, 2.75) is 19.8 Å². The summed E-state index contributed by atoms with van der Waals surface area (Å²) in [5.74, 6) is -0.696. The minimum absolute atomic E-state index is 0.336. The van der Waals surface area contributed by atoms with Crippen molar-refractivity contribution in [3.63, 3.8) is 0 Å². The Kier molecular flexibility index (Phi) is 4.96. The van der Waals surface area contributed by atoms with Crippen LogP contribution >= 0.6 is 34.8 Å². The molecule has 4 nitrogen and oxygen atoms in total. The lowest BCUT2D eigenvalue weighted by atomic mass is 10.0. The lowest BCUT2D eigenvalue weighted by Gasteiger charge is -2.17. The van der Waals surface area contributed by atoms with E-state index in [1.165, 1.54) is 0 Å². The van der Waals surface area contributed by atoms with Crippen molar-refractivity contribution in [2.75, 3.05) is 10.6 Å². The van der Waals surface area contributed by atoms with Crippen LogP contribution in [-0.4, -0.2) is 11.8 Å². The number of nitrogens with one attached hydrogen (secondary N) is 2. The van der Waals surface area contributed by atoms with Gasteiger partial charge in [-0.15, -0.1) is 0 Å². The van der Waals surface area contributed by atoms with Crippen LogP contribution in [0, 0.1) is 12.3 Å². The highest BCUT2D eigenvalue weighted by atomic mass is 35.5. The number of halogens is 3. The van der Waals surface area contributed by atoms with E-state index in [2.05, 4.69) is 10.6 Å². The fourth-order valence-electron chi connectivity index (χ4n) is 2.48. The molecule has 7 heteroatoms. The van der Waals surface area contributed by atoms with Crippen LogP contribution in [0.25, 0.3) is 0 Å². The topological polar surface area (TPSA) is 58.2 Å². The molecule has 130 valence electrons. The van der Waals surface area contributed by atoms with Gasteiger partial charge in [0, 0.05) is 16.4 Å². The summed E-state index contributed by atoms with van der Waals surface area (Å²) in [6.07, 6.45) is 0.983. The summed E-state index contributed by atoms with van der Waals surface area (Å²) in [5, 5.41) is 6.80. The monoisotopic (exact) mass is 396 g/mol. The third-order valence-corrected chi connectivity index (χ3v) is 5.22. The van der Waals surface area contributed by atoms with E-state index in [0.717, 1.165) is 5.56 Å². The number of aryl methyl sites for hydroxylation is 1. The predicted octanol–water partition coefficient (Wildman–Crippen LogP) is 5.31.